The Balaban J connectivity index is 1.90. The number of hydrogen-bond donors (Lipinski definition) is 0. The molecule has 0 fully saturated rings. The monoisotopic (exact) mass is 283 g/mol. The molecule has 100 valence electrons. The van der Waals surface area contributed by atoms with Crippen LogP contribution in [-0.4, -0.2) is 21.8 Å². The molecule has 2 aromatic rings. The fourth-order valence-corrected chi connectivity index (χ4v) is 2.72. The van der Waals surface area contributed by atoms with Crippen LogP contribution in [0.1, 0.15) is 11.3 Å². The number of nitriles is 1. The molecule has 1 aliphatic rings. The quantitative estimate of drug-likeness (QED) is 0.810. The molecule has 20 heavy (non-hydrogen) atoms. The Morgan fingerprint density at radius 2 is 2.15 bits per heavy atom. The van der Waals surface area contributed by atoms with E-state index in [9.17, 15) is 0 Å². The minimum absolute atomic E-state index is 0.0219. The van der Waals surface area contributed by atoms with Crippen molar-refractivity contribution >= 4 is 11.8 Å². The lowest BCUT2D eigenvalue weighted by molar-refractivity contribution is 0.251. The normalized spacial score (nSPS) is 16.3. The average molecular weight is 283 g/mol. The smallest absolute Gasteiger partial charge is 0.220 e. The minimum atomic E-state index is 0.0219. The molecule has 0 aliphatic carbocycles. The molecular weight excluding hydrogens is 270 g/mol. The van der Waals surface area contributed by atoms with Gasteiger partial charge in [0.15, 0.2) is 5.82 Å². The molecule has 3 rings (SSSR count). The second kappa shape index (κ2) is 5.51. The van der Waals surface area contributed by atoms with Crippen molar-refractivity contribution in [3.63, 3.8) is 0 Å². The van der Waals surface area contributed by atoms with Gasteiger partial charge >= 0.3 is 0 Å². The van der Waals surface area contributed by atoms with Crippen LogP contribution >= 0.6 is 11.8 Å². The predicted octanol–water partition coefficient (Wildman–Crippen LogP) is 2.97. The number of aromatic nitrogens is 2. The van der Waals surface area contributed by atoms with Crippen LogP contribution in [0.3, 0.4) is 0 Å². The van der Waals surface area contributed by atoms with Crippen molar-refractivity contribution in [3.05, 3.63) is 41.6 Å². The molecule has 1 aliphatic heterocycles. The Bertz CT molecular complexity index is 667. The van der Waals surface area contributed by atoms with Crippen LogP contribution in [0.15, 0.2) is 30.3 Å². The lowest BCUT2D eigenvalue weighted by atomic mass is 10.1. The van der Waals surface area contributed by atoms with E-state index in [0.29, 0.717) is 17.5 Å². The van der Waals surface area contributed by atoms with Crippen molar-refractivity contribution in [2.24, 2.45) is 0 Å². The number of hydrogen-bond acceptors (Lipinski definition) is 5. The number of fused-ring (bicyclic) bond motifs is 1. The van der Waals surface area contributed by atoms with Gasteiger partial charge in [-0.3, -0.25) is 0 Å². The van der Waals surface area contributed by atoms with E-state index in [4.69, 9.17) is 10.00 Å². The van der Waals surface area contributed by atoms with E-state index in [1.54, 1.807) is 0 Å². The molecule has 0 saturated carbocycles. The summed E-state index contributed by atoms with van der Waals surface area (Å²) in [6.07, 6.45) is 0.805. The number of ether oxygens (including phenoxy) is 1. The van der Waals surface area contributed by atoms with Crippen molar-refractivity contribution in [2.45, 2.75) is 19.4 Å². The molecule has 4 nitrogen and oxygen atoms in total. The molecule has 0 radical (unpaired) electrons. The zero-order valence-corrected chi connectivity index (χ0v) is 11.9. The van der Waals surface area contributed by atoms with E-state index in [1.807, 2.05) is 37.3 Å². The summed E-state index contributed by atoms with van der Waals surface area (Å²) in [5, 5.41) is 10.7. The van der Waals surface area contributed by atoms with Crippen molar-refractivity contribution in [1.82, 2.24) is 9.97 Å². The Morgan fingerprint density at radius 3 is 2.90 bits per heavy atom. The summed E-state index contributed by atoms with van der Waals surface area (Å²) < 4.78 is 5.83. The van der Waals surface area contributed by atoms with Gasteiger partial charge in [0.2, 0.25) is 5.88 Å². The van der Waals surface area contributed by atoms with E-state index in [0.717, 1.165) is 23.2 Å². The van der Waals surface area contributed by atoms with E-state index in [1.165, 1.54) is 11.8 Å². The fraction of sp³-hybridized carbons (Fsp3) is 0.267. The fourth-order valence-electron chi connectivity index (χ4n) is 2.27. The molecule has 1 aromatic heterocycles. The van der Waals surface area contributed by atoms with Gasteiger partial charge in [0.1, 0.15) is 11.5 Å². The third-order valence-electron chi connectivity index (χ3n) is 3.25. The summed E-state index contributed by atoms with van der Waals surface area (Å²) in [6.45, 7) is 1.98. The van der Waals surface area contributed by atoms with Gasteiger partial charge in [0.25, 0.3) is 0 Å². The third-order valence-corrected chi connectivity index (χ3v) is 3.92. The molecule has 0 N–H and O–H groups in total. The number of rotatable bonds is 3. The van der Waals surface area contributed by atoms with Crippen molar-refractivity contribution in [2.75, 3.05) is 5.75 Å². The van der Waals surface area contributed by atoms with Crippen molar-refractivity contribution in [1.29, 1.82) is 5.26 Å². The van der Waals surface area contributed by atoms with Gasteiger partial charge in [-0.1, -0.05) is 30.3 Å². The topological polar surface area (TPSA) is 58.8 Å². The Hall–Kier alpha value is -2.06. The van der Waals surface area contributed by atoms with E-state index >= 15 is 0 Å². The highest BCUT2D eigenvalue weighted by atomic mass is 32.2. The third kappa shape index (κ3) is 2.47. The summed E-state index contributed by atoms with van der Waals surface area (Å²) >= 11 is 1.21. The highest BCUT2D eigenvalue weighted by Gasteiger charge is 2.27. The largest absolute Gasteiger partial charge is 0.473 e. The van der Waals surface area contributed by atoms with Crippen LogP contribution < -0.4 is 4.74 Å². The van der Waals surface area contributed by atoms with Gasteiger partial charge in [-0.05, 0) is 18.7 Å². The SMILES string of the molecule is Cc1nc(-c2ccccc2)nc2c1C[C@@H](CSC#N)O2. The number of aryl methyl sites for hydroxylation is 1. The van der Waals surface area contributed by atoms with Gasteiger partial charge < -0.3 is 4.74 Å². The van der Waals surface area contributed by atoms with Gasteiger partial charge in [-0.2, -0.15) is 10.2 Å². The molecule has 2 heterocycles. The Labute approximate surface area is 121 Å². The van der Waals surface area contributed by atoms with E-state index in [-0.39, 0.29) is 6.10 Å². The second-order valence-corrected chi connectivity index (χ2v) is 5.43. The number of thiocyanates is 1. The highest BCUT2D eigenvalue weighted by Crippen LogP contribution is 2.32. The van der Waals surface area contributed by atoms with Gasteiger partial charge in [-0.15, -0.1) is 0 Å². The van der Waals surface area contributed by atoms with Crippen LogP contribution in [0, 0.1) is 17.6 Å². The minimum Gasteiger partial charge on any atom is -0.473 e. The zero-order chi connectivity index (χ0) is 13.9. The first kappa shape index (κ1) is 12.9. The number of thioether (sulfide) groups is 1. The van der Waals surface area contributed by atoms with Crippen LogP contribution in [0.4, 0.5) is 0 Å². The summed E-state index contributed by atoms with van der Waals surface area (Å²) in [4.78, 5) is 9.08. The summed E-state index contributed by atoms with van der Waals surface area (Å²) in [7, 11) is 0. The van der Waals surface area contributed by atoms with Gasteiger partial charge in [0.05, 0.1) is 0 Å². The molecule has 0 bridgehead atoms. The van der Waals surface area contributed by atoms with E-state index in [2.05, 4.69) is 15.4 Å². The molecule has 1 aromatic carbocycles. The standard InChI is InChI=1S/C15H13N3OS/c1-10-13-7-12(8-20-9-16)19-15(13)18-14(17-10)11-5-3-2-4-6-11/h2-6,12H,7-8H2,1H3/t12-/m0/s1. The molecule has 0 unspecified atom stereocenters. The van der Waals surface area contributed by atoms with Crippen molar-refractivity contribution in [3.8, 4) is 22.7 Å². The number of nitrogens with zero attached hydrogens (tertiary/aromatic N) is 3. The maximum Gasteiger partial charge on any atom is 0.220 e. The van der Waals surface area contributed by atoms with E-state index < -0.39 is 0 Å². The van der Waals surface area contributed by atoms with Crippen molar-refractivity contribution < 1.29 is 4.74 Å². The summed E-state index contributed by atoms with van der Waals surface area (Å²) in [5.74, 6) is 2.02. The molecule has 0 saturated heterocycles. The van der Waals surface area contributed by atoms with Gasteiger partial charge in [0, 0.05) is 29.0 Å². The first-order chi connectivity index (χ1) is 9.78. The molecule has 1 atom stereocenters. The maximum atomic E-state index is 8.62. The lowest BCUT2D eigenvalue weighted by Gasteiger charge is -2.07. The lowest BCUT2D eigenvalue weighted by Crippen LogP contribution is -2.15. The Morgan fingerprint density at radius 1 is 1.35 bits per heavy atom. The van der Waals surface area contributed by atoms with Gasteiger partial charge in [-0.25, -0.2) is 4.98 Å². The molecule has 5 heteroatoms. The van der Waals surface area contributed by atoms with Crippen LogP contribution in [0.5, 0.6) is 5.88 Å². The molecule has 0 spiro atoms. The maximum absolute atomic E-state index is 8.62. The second-order valence-electron chi connectivity index (χ2n) is 4.63. The summed E-state index contributed by atoms with van der Waals surface area (Å²) in [6, 6.07) is 9.87. The molecular formula is C15H13N3OS. The highest BCUT2D eigenvalue weighted by molar-refractivity contribution is 8.03. The zero-order valence-electron chi connectivity index (χ0n) is 11.0. The molecule has 0 amide bonds. The first-order valence-electron chi connectivity index (χ1n) is 6.38. The van der Waals surface area contributed by atoms with Crippen LogP contribution in [0.25, 0.3) is 11.4 Å². The van der Waals surface area contributed by atoms with Crippen LogP contribution in [-0.2, 0) is 6.42 Å². The predicted molar refractivity (Wildman–Crippen MR) is 78.4 cm³/mol. The average Bonchev–Trinajstić information content (AvgIpc) is 2.89. The first-order valence-corrected chi connectivity index (χ1v) is 7.37. The van der Waals surface area contributed by atoms with Crippen LogP contribution in [0.2, 0.25) is 0 Å². The summed E-state index contributed by atoms with van der Waals surface area (Å²) in [5.41, 5.74) is 3.00. The number of benzene rings is 1. The Kier molecular flexibility index (Phi) is 3.57.